The van der Waals surface area contributed by atoms with Gasteiger partial charge in [-0.05, 0) is 12.5 Å². The standard InChI is InChI=1S/C12H19N3O2/c1-3-4-9(7-13)15-12(16)10-5-6-14-8-11(10)17-2/h5-6,8-9H,3-4,7,13H2,1-2H3,(H,15,16). The first-order valence-corrected chi connectivity index (χ1v) is 5.71. The monoisotopic (exact) mass is 237 g/mol. The normalized spacial score (nSPS) is 11.9. The molecule has 1 rings (SSSR count). The highest BCUT2D eigenvalue weighted by atomic mass is 16.5. The Labute approximate surface area is 101 Å². The van der Waals surface area contributed by atoms with Crippen LogP contribution in [-0.2, 0) is 0 Å². The molecule has 0 aliphatic rings. The highest BCUT2D eigenvalue weighted by Gasteiger charge is 2.15. The molecule has 94 valence electrons. The molecule has 0 aromatic carbocycles. The van der Waals surface area contributed by atoms with Crippen molar-refractivity contribution in [1.29, 1.82) is 0 Å². The Morgan fingerprint density at radius 2 is 2.41 bits per heavy atom. The number of pyridine rings is 1. The molecule has 0 radical (unpaired) electrons. The van der Waals surface area contributed by atoms with Crippen LogP contribution in [0.25, 0.3) is 0 Å². The van der Waals surface area contributed by atoms with E-state index in [1.165, 1.54) is 13.3 Å². The smallest absolute Gasteiger partial charge is 0.255 e. The molecule has 0 aliphatic carbocycles. The van der Waals surface area contributed by atoms with Crippen molar-refractivity contribution < 1.29 is 9.53 Å². The molecular weight excluding hydrogens is 218 g/mol. The van der Waals surface area contributed by atoms with Gasteiger partial charge in [-0.2, -0.15) is 0 Å². The Balaban J connectivity index is 2.75. The molecule has 1 aromatic rings. The van der Waals surface area contributed by atoms with Crippen molar-refractivity contribution in [2.24, 2.45) is 5.73 Å². The lowest BCUT2D eigenvalue weighted by molar-refractivity contribution is 0.0933. The number of nitrogens with two attached hydrogens (primary N) is 1. The van der Waals surface area contributed by atoms with Crippen molar-refractivity contribution in [3.05, 3.63) is 24.0 Å². The van der Waals surface area contributed by atoms with Gasteiger partial charge in [0.2, 0.25) is 0 Å². The number of hydrogen-bond acceptors (Lipinski definition) is 4. The van der Waals surface area contributed by atoms with E-state index >= 15 is 0 Å². The van der Waals surface area contributed by atoms with Crippen LogP contribution in [0.15, 0.2) is 18.5 Å². The Kier molecular flexibility index (Phi) is 5.42. The molecule has 3 N–H and O–H groups in total. The largest absolute Gasteiger partial charge is 0.494 e. The van der Waals surface area contributed by atoms with Crippen molar-refractivity contribution >= 4 is 5.91 Å². The quantitative estimate of drug-likeness (QED) is 0.772. The maximum atomic E-state index is 12.0. The summed E-state index contributed by atoms with van der Waals surface area (Å²) in [6.07, 6.45) is 4.94. The maximum Gasteiger partial charge on any atom is 0.255 e. The lowest BCUT2D eigenvalue weighted by Crippen LogP contribution is -2.40. The van der Waals surface area contributed by atoms with Gasteiger partial charge in [-0.15, -0.1) is 0 Å². The molecule has 1 aromatic heterocycles. The number of amides is 1. The molecule has 0 spiro atoms. The first kappa shape index (κ1) is 13.4. The third kappa shape index (κ3) is 3.71. The molecule has 0 bridgehead atoms. The third-order valence-electron chi connectivity index (χ3n) is 2.51. The summed E-state index contributed by atoms with van der Waals surface area (Å²) < 4.78 is 5.09. The van der Waals surface area contributed by atoms with Gasteiger partial charge in [-0.3, -0.25) is 9.78 Å². The van der Waals surface area contributed by atoms with E-state index in [1.54, 1.807) is 12.3 Å². The zero-order valence-corrected chi connectivity index (χ0v) is 10.3. The van der Waals surface area contributed by atoms with Gasteiger partial charge >= 0.3 is 0 Å². The van der Waals surface area contributed by atoms with Crippen LogP contribution in [0, 0.1) is 0 Å². The minimum Gasteiger partial charge on any atom is -0.494 e. The van der Waals surface area contributed by atoms with Crippen LogP contribution in [-0.4, -0.2) is 30.6 Å². The van der Waals surface area contributed by atoms with E-state index in [1.807, 2.05) is 0 Å². The molecule has 1 heterocycles. The number of ether oxygens (including phenoxy) is 1. The number of nitrogens with zero attached hydrogens (tertiary/aromatic N) is 1. The Morgan fingerprint density at radius 3 is 3.00 bits per heavy atom. The molecule has 1 unspecified atom stereocenters. The minimum absolute atomic E-state index is 0.00497. The van der Waals surface area contributed by atoms with Gasteiger partial charge in [-0.25, -0.2) is 0 Å². The Morgan fingerprint density at radius 1 is 1.65 bits per heavy atom. The Bertz CT molecular complexity index is 369. The SMILES string of the molecule is CCCC(CN)NC(=O)c1ccncc1OC. The number of aromatic nitrogens is 1. The number of hydrogen-bond donors (Lipinski definition) is 2. The molecule has 5 nitrogen and oxygen atoms in total. The molecule has 0 fully saturated rings. The van der Waals surface area contributed by atoms with E-state index in [4.69, 9.17) is 10.5 Å². The van der Waals surface area contributed by atoms with Crippen molar-refractivity contribution in [3.8, 4) is 5.75 Å². The fraction of sp³-hybridized carbons (Fsp3) is 0.500. The van der Waals surface area contributed by atoms with E-state index in [0.29, 0.717) is 17.9 Å². The fourth-order valence-electron chi connectivity index (χ4n) is 1.59. The number of nitrogens with one attached hydrogen (secondary N) is 1. The second-order valence-corrected chi connectivity index (χ2v) is 3.77. The fourth-order valence-corrected chi connectivity index (χ4v) is 1.59. The van der Waals surface area contributed by atoms with Crippen LogP contribution < -0.4 is 15.8 Å². The highest BCUT2D eigenvalue weighted by molar-refractivity contribution is 5.96. The summed E-state index contributed by atoms with van der Waals surface area (Å²) in [7, 11) is 1.51. The summed E-state index contributed by atoms with van der Waals surface area (Å²) in [6, 6.07) is 1.64. The first-order valence-electron chi connectivity index (χ1n) is 5.71. The zero-order chi connectivity index (χ0) is 12.7. The van der Waals surface area contributed by atoms with E-state index in [-0.39, 0.29) is 11.9 Å². The highest BCUT2D eigenvalue weighted by Crippen LogP contribution is 2.15. The van der Waals surface area contributed by atoms with E-state index in [2.05, 4.69) is 17.2 Å². The number of carbonyl (C=O) groups is 1. The van der Waals surface area contributed by atoms with Crippen LogP contribution in [0.4, 0.5) is 0 Å². The van der Waals surface area contributed by atoms with Gasteiger partial charge in [-0.1, -0.05) is 13.3 Å². The van der Waals surface area contributed by atoms with Gasteiger partial charge < -0.3 is 15.8 Å². The zero-order valence-electron chi connectivity index (χ0n) is 10.3. The second-order valence-electron chi connectivity index (χ2n) is 3.77. The van der Waals surface area contributed by atoms with Gasteiger partial charge in [0.25, 0.3) is 5.91 Å². The van der Waals surface area contributed by atoms with Crippen LogP contribution in [0.3, 0.4) is 0 Å². The van der Waals surface area contributed by atoms with Crippen molar-refractivity contribution in [3.63, 3.8) is 0 Å². The lowest BCUT2D eigenvalue weighted by atomic mass is 10.1. The van der Waals surface area contributed by atoms with E-state index in [0.717, 1.165) is 12.8 Å². The summed E-state index contributed by atoms with van der Waals surface area (Å²) in [5.41, 5.74) is 6.08. The predicted molar refractivity (Wildman–Crippen MR) is 66.0 cm³/mol. The van der Waals surface area contributed by atoms with Crippen molar-refractivity contribution in [2.75, 3.05) is 13.7 Å². The molecule has 0 aliphatic heterocycles. The average molecular weight is 237 g/mol. The molecule has 1 amide bonds. The topological polar surface area (TPSA) is 77.2 Å². The summed E-state index contributed by atoms with van der Waals surface area (Å²) in [5, 5.41) is 2.89. The lowest BCUT2D eigenvalue weighted by Gasteiger charge is -2.16. The van der Waals surface area contributed by atoms with Gasteiger partial charge in [0.1, 0.15) is 5.75 Å². The van der Waals surface area contributed by atoms with Gasteiger partial charge in [0, 0.05) is 18.8 Å². The Hall–Kier alpha value is -1.62. The summed E-state index contributed by atoms with van der Waals surface area (Å²) >= 11 is 0. The van der Waals surface area contributed by atoms with Crippen molar-refractivity contribution in [1.82, 2.24) is 10.3 Å². The molecule has 17 heavy (non-hydrogen) atoms. The van der Waals surface area contributed by atoms with E-state index in [9.17, 15) is 4.79 Å². The van der Waals surface area contributed by atoms with Crippen LogP contribution in [0.5, 0.6) is 5.75 Å². The second kappa shape index (κ2) is 6.85. The predicted octanol–water partition coefficient (Wildman–Crippen LogP) is 0.947. The third-order valence-corrected chi connectivity index (χ3v) is 2.51. The van der Waals surface area contributed by atoms with Gasteiger partial charge in [0.05, 0.1) is 18.9 Å². The van der Waals surface area contributed by atoms with E-state index < -0.39 is 0 Å². The number of carbonyl (C=O) groups excluding carboxylic acids is 1. The molecule has 0 saturated carbocycles. The van der Waals surface area contributed by atoms with Gasteiger partial charge in [0.15, 0.2) is 0 Å². The molecule has 1 atom stereocenters. The summed E-state index contributed by atoms with van der Waals surface area (Å²) in [4.78, 5) is 15.9. The first-order chi connectivity index (χ1) is 8.22. The number of methoxy groups -OCH3 is 1. The molecular formula is C12H19N3O2. The average Bonchev–Trinajstić information content (AvgIpc) is 2.38. The van der Waals surface area contributed by atoms with Crippen LogP contribution >= 0.6 is 0 Å². The number of rotatable bonds is 6. The molecule has 0 saturated heterocycles. The van der Waals surface area contributed by atoms with Crippen molar-refractivity contribution in [2.45, 2.75) is 25.8 Å². The minimum atomic E-state index is -0.173. The van der Waals surface area contributed by atoms with Crippen LogP contribution in [0.1, 0.15) is 30.1 Å². The maximum absolute atomic E-state index is 12.0. The summed E-state index contributed by atoms with van der Waals surface area (Å²) in [6.45, 7) is 2.49. The molecule has 5 heteroatoms. The summed E-state index contributed by atoms with van der Waals surface area (Å²) in [5.74, 6) is 0.297. The van der Waals surface area contributed by atoms with Crippen LogP contribution in [0.2, 0.25) is 0 Å².